The summed E-state index contributed by atoms with van der Waals surface area (Å²) < 4.78 is 0. The number of nitrogens with zero attached hydrogens (tertiary/aromatic N) is 4. The van der Waals surface area contributed by atoms with Gasteiger partial charge in [0.2, 0.25) is 0 Å². The molecule has 2 saturated heterocycles. The van der Waals surface area contributed by atoms with Gasteiger partial charge in [-0.15, -0.1) is 0 Å². The lowest BCUT2D eigenvalue weighted by molar-refractivity contribution is 0.260. The first-order chi connectivity index (χ1) is 14.3. The number of benzene rings is 1. The highest BCUT2D eigenvalue weighted by atomic mass is 35.5. The molecule has 0 saturated carbocycles. The molecule has 2 aliphatic heterocycles. The van der Waals surface area contributed by atoms with Crippen molar-refractivity contribution >= 4 is 17.4 Å². The Morgan fingerprint density at radius 1 is 0.759 bits per heavy atom. The second kappa shape index (κ2) is 8.13. The van der Waals surface area contributed by atoms with Crippen molar-refractivity contribution in [1.29, 1.82) is 0 Å². The van der Waals surface area contributed by atoms with E-state index in [0.29, 0.717) is 6.04 Å². The maximum atomic E-state index is 5.98. The van der Waals surface area contributed by atoms with E-state index >= 15 is 0 Å². The molecular formula is C24H25ClN4. The van der Waals surface area contributed by atoms with Crippen LogP contribution in [0.5, 0.6) is 0 Å². The van der Waals surface area contributed by atoms with Crippen molar-refractivity contribution in [2.75, 3.05) is 31.1 Å². The number of likely N-dealkylation sites (tertiary alicyclic amines) is 1. The third kappa shape index (κ3) is 4.00. The maximum absolute atomic E-state index is 5.98. The first-order valence-corrected chi connectivity index (χ1v) is 10.8. The molecule has 29 heavy (non-hydrogen) atoms. The first kappa shape index (κ1) is 18.6. The second-order valence-corrected chi connectivity index (χ2v) is 8.41. The Hall–Kier alpha value is -2.43. The fourth-order valence-corrected chi connectivity index (χ4v) is 4.58. The van der Waals surface area contributed by atoms with Gasteiger partial charge in [0.05, 0.1) is 5.69 Å². The van der Waals surface area contributed by atoms with E-state index in [1.807, 2.05) is 36.7 Å². The zero-order chi connectivity index (χ0) is 19.6. The lowest BCUT2D eigenvalue weighted by Crippen LogP contribution is -2.35. The zero-order valence-corrected chi connectivity index (χ0v) is 17.2. The van der Waals surface area contributed by atoms with E-state index in [4.69, 9.17) is 16.6 Å². The van der Waals surface area contributed by atoms with Crippen LogP contribution in [0.4, 0.5) is 5.82 Å². The molecule has 0 aliphatic carbocycles. The molecule has 5 rings (SSSR count). The van der Waals surface area contributed by atoms with E-state index < -0.39 is 0 Å². The average Bonchev–Trinajstić information content (AvgIpc) is 3.47. The van der Waals surface area contributed by atoms with Crippen LogP contribution in [-0.2, 0) is 0 Å². The van der Waals surface area contributed by atoms with Crippen LogP contribution in [0.25, 0.3) is 22.4 Å². The Bertz CT molecular complexity index is 948. The number of hydrogen-bond acceptors (Lipinski definition) is 4. The van der Waals surface area contributed by atoms with Crippen molar-refractivity contribution < 1.29 is 0 Å². The van der Waals surface area contributed by atoms with E-state index in [9.17, 15) is 0 Å². The van der Waals surface area contributed by atoms with Gasteiger partial charge in [-0.3, -0.25) is 9.88 Å². The van der Waals surface area contributed by atoms with Gasteiger partial charge in [0, 0.05) is 47.7 Å². The molecule has 0 amide bonds. The van der Waals surface area contributed by atoms with Crippen molar-refractivity contribution in [3.05, 3.63) is 65.9 Å². The molecule has 0 radical (unpaired) electrons. The highest BCUT2D eigenvalue weighted by Crippen LogP contribution is 2.27. The Labute approximate surface area is 177 Å². The first-order valence-electron chi connectivity index (χ1n) is 10.4. The van der Waals surface area contributed by atoms with Crippen LogP contribution in [0.3, 0.4) is 0 Å². The van der Waals surface area contributed by atoms with E-state index in [1.54, 1.807) is 0 Å². The van der Waals surface area contributed by atoms with Gasteiger partial charge in [-0.05, 0) is 68.2 Å². The summed E-state index contributed by atoms with van der Waals surface area (Å²) >= 11 is 5.98. The van der Waals surface area contributed by atoms with Crippen LogP contribution in [0, 0.1) is 0 Å². The Morgan fingerprint density at radius 3 is 2.17 bits per heavy atom. The smallest absolute Gasteiger partial charge is 0.128 e. The summed E-state index contributed by atoms with van der Waals surface area (Å²) in [6, 6.07) is 17.0. The molecule has 148 valence electrons. The van der Waals surface area contributed by atoms with Gasteiger partial charge in [0.1, 0.15) is 5.82 Å². The molecule has 2 aliphatic rings. The minimum Gasteiger partial charge on any atom is -0.355 e. The second-order valence-electron chi connectivity index (χ2n) is 7.98. The van der Waals surface area contributed by atoms with Gasteiger partial charge in [-0.2, -0.15) is 0 Å². The van der Waals surface area contributed by atoms with Crippen molar-refractivity contribution in [1.82, 2.24) is 14.9 Å². The number of halogens is 1. The summed E-state index contributed by atoms with van der Waals surface area (Å²) in [5.74, 6) is 1.08. The topological polar surface area (TPSA) is 32.3 Å². The van der Waals surface area contributed by atoms with E-state index in [1.165, 1.54) is 32.4 Å². The lowest BCUT2D eigenvalue weighted by atomic mass is 10.1. The predicted molar refractivity (Wildman–Crippen MR) is 119 cm³/mol. The minimum atomic E-state index is 0.695. The van der Waals surface area contributed by atoms with Crippen LogP contribution < -0.4 is 4.90 Å². The molecule has 2 aromatic heterocycles. The molecule has 1 aromatic carbocycles. The number of anilines is 1. The molecule has 0 N–H and O–H groups in total. The fourth-order valence-electron chi connectivity index (χ4n) is 4.46. The molecule has 0 bridgehead atoms. The summed E-state index contributed by atoms with van der Waals surface area (Å²) in [7, 11) is 0. The third-order valence-electron chi connectivity index (χ3n) is 6.13. The van der Waals surface area contributed by atoms with Gasteiger partial charge >= 0.3 is 0 Å². The van der Waals surface area contributed by atoms with Gasteiger partial charge in [0.25, 0.3) is 0 Å². The molecular weight excluding hydrogens is 380 g/mol. The lowest BCUT2D eigenvalue weighted by Gasteiger charge is -2.24. The quantitative estimate of drug-likeness (QED) is 0.602. The monoisotopic (exact) mass is 404 g/mol. The molecule has 5 heteroatoms. The predicted octanol–water partition coefficient (Wildman–Crippen LogP) is 5.14. The summed E-state index contributed by atoms with van der Waals surface area (Å²) in [5, 5.41) is 0.745. The summed E-state index contributed by atoms with van der Waals surface area (Å²) in [5.41, 5.74) is 4.19. The van der Waals surface area contributed by atoms with Crippen molar-refractivity contribution in [3.8, 4) is 22.4 Å². The molecule has 1 unspecified atom stereocenters. The van der Waals surface area contributed by atoms with Crippen LogP contribution >= 0.6 is 11.6 Å². The standard InChI is InChI=1S/C24H25ClN4/c25-21-7-3-18(4-8-21)19-5-9-23(26-15-19)20-6-10-24(27-16-20)29-14-11-22(17-29)28-12-1-2-13-28/h3-10,15-16,22H,1-2,11-14,17H2. The molecule has 4 nitrogen and oxygen atoms in total. The minimum absolute atomic E-state index is 0.695. The normalized spacial score (nSPS) is 19.8. The molecule has 2 fully saturated rings. The number of rotatable bonds is 4. The Balaban J connectivity index is 1.27. The fraction of sp³-hybridized carbons (Fsp3) is 0.333. The number of pyridine rings is 2. The molecule has 0 spiro atoms. The molecule has 4 heterocycles. The van der Waals surface area contributed by atoms with Gasteiger partial charge < -0.3 is 4.90 Å². The van der Waals surface area contributed by atoms with Gasteiger partial charge in [0.15, 0.2) is 0 Å². The summed E-state index contributed by atoms with van der Waals surface area (Å²) in [6.07, 6.45) is 7.81. The third-order valence-corrected chi connectivity index (χ3v) is 6.38. The number of aromatic nitrogens is 2. The van der Waals surface area contributed by atoms with Crippen LogP contribution in [-0.4, -0.2) is 47.1 Å². The largest absolute Gasteiger partial charge is 0.355 e. The van der Waals surface area contributed by atoms with Crippen molar-refractivity contribution in [3.63, 3.8) is 0 Å². The summed E-state index contributed by atoms with van der Waals surface area (Å²) in [4.78, 5) is 14.5. The van der Waals surface area contributed by atoms with E-state index in [0.717, 1.165) is 46.3 Å². The van der Waals surface area contributed by atoms with Crippen LogP contribution in [0.15, 0.2) is 60.9 Å². The SMILES string of the molecule is Clc1ccc(-c2ccc(-c3ccc(N4CCC(N5CCCC5)C4)nc3)nc2)cc1. The molecule has 3 aromatic rings. The highest BCUT2D eigenvalue weighted by Gasteiger charge is 2.29. The van der Waals surface area contributed by atoms with Crippen LogP contribution in [0.2, 0.25) is 5.02 Å². The number of hydrogen-bond donors (Lipinski definition) is 0. The summed E-state index contributed by atoms with van der Waals surface area (Å²) in [6.45, 7) is 4.73. The average molecular weight is 405 g/mol. The maximum Gasteiger partial charge on any atom is 0.128 e. The highest BCUT2D eigenvalue weighted by molar-refractivity contribution is 6.30. The van der Waals surface area contributed by atoms with E-state index in [-0.39, 0.29) is 0 Å². The Kier molecular flexibility index (Phi) is 5.21. The zero-order valence-electron chi connectivity index (χ0n) is 16.5. The molecule has 1 atom stereocenters. The Morgan fingerprint density at radius 2 is 1.48 bits per heavy atom. The van der Waals surface area contributed by atoms with Crippen LogP contribution in [0.1, 0.15) is 19.3 Å². The van der Waals surface area contributed by atoms with Crippen molar-refractivity contribution in [2.24, 2.45) is 0 Å². The van der Waals surface area contributed by atoms with Gasteiger partial charge in [-0.1, -0.05) is 29.8 Å². The van der Waals surface area contributed by atoms with E-state index in [2.05, 4.69) is 39.0 Å². The van der Waals surface area contributed by atoms with Crippen molar-refractivity contribution in [2.45, 2.75) is 25.3 Å². The van der Waals surface area contributed by atoms with Gasteiger partial charge in [-0.25, -0.2) is 4.98 Å².